The third-order valence-electron chi connectivity index (χ3n) is 13.4. The molecule has 0 fully saturated rings. The summed E-state index contributed by atoms with van der Waals surface area (Å²) in [5, 5.41) is 4.99. The summed E-state index contributed by atoms with van der Waals surface area (Å²) in [5.41, 5.74) is 11.6. The Morgan fingerprint density at radius 1 is 0.726 bits per heavy atom. The first-order chi connectivity index (χ1) is 36.2. The molecule has 11 rings (SSSR count). The average molecular weight is 1160 g/mol. The number of fused-ring (bicyclic) bond motifs is 6. The summed E-state index contributed by atoms with van der Waals surface area (Å²) >= 11 is 0. The smallest absolute Gasteiger partial charge is 0.216 e. The number of rotatable bonds is 11. The monoisotopic (exact) mass is 1160 g/mol. The second kappa shape index (κ2) is 21.3. The van der Waals surface area contributed by atoms with Crippen molar-refractivity contribution in [3.63, 3.8) is 0 Å². The molecule has 0 aliphatic rings. The number of hydrogen-bond acceptors (Lipinski definition) is 4. The van der Waals surface area contributed by atoms with Crippen molar-refractivity contribution >= 4 is 57.1 Å². The van der Waals surface area contributed by atoms with Gasteiger partial charge in [0.05, 0.1) is 30.5 Å². The van der Waals surface area contributed by atoms with Crippen LogP contribution in [0.5, 0.6) is 0 Å². The molecule has 73 heavy (non-hydrogen) atoms. The normalized spacial score (nSPS) is 13.4. The van der Waals surface area contributed by atoms with Gasteiger partial charge in [-0.2, -0.15) is 0 Å². The van der Waals surface area contributed by atoms with Gasteiger partial charge in [-0.3, -0.25) is 9.37 Å². The van der Waals surface area contributed by atoms with E-state index in [0.717, 1.165) is 60.4 Å². The summed E-state index contributed by atoms with van der Waals surface area (Å²) in [6.07, 6.45) is -1.55. The van der Waals surface area contributed by atoms with Crippen LogP contribution >= 0.6 is 0 Å². The predicted molar refractivity (Wildman–Crippen MR) is 300 cm³/mol. The standard InChI is InChI=1S/C41H34N3O.C24H27FNSi.Ir/c1-25(2)30-16-10-17-31(26(3)4)37(30)44-38-32-15-9-8-14-28(32)20-23-36(38)43-40(44)35-19-11-18-33-34-22-21-29(42-41(34)45-39(33)35)24-27-12-6-5-7-13-27;1-17(19-9-7-6-8-10-19)13-21-15-23(26-16-24(21)27(3,4)5)20-11-12-22(25)18(2)14-20;/h5-18,20-23,25-26H,24H2,1-4H3;6-10,12,14-17H,13H2,1-5H3;/q2*-1;/i24D2;13D2;. The predicted octanol–water partition coefficient (Wildman–Crippen LogP) is 16.7. The van der Waals surface area contributed by atoms with E-state index in [1.165, 1.54) is 17.2 Å². The van der Waals surface area contributed by atoms with Crippen molar-refractivity contribution in [3.8, 4) is 28.3 Å². The summed E-state index contributed by atoms with van der Waals surface area (Å²) in [6, 6.07) is 57.1. The fourth-order valence-electron chi connectivity index (χ4n) is 9.63. The Labute approximate surface area is 449 Å². The average Bonchev–Trinajstić information content (AvgIpc) is 4.12. The van der Waals surface area contributed by atoms with Crippen LogP contribution in [0.2, 0.25) is 19.6 Å². The fraction of sp³-hybridized carbons (Fsp3) is 0.215. The van der Waals surface area contributed by atoms with Gasteiger partial charge in [-0.05, 0) is 80.8 Å². The number of nitrogens with zero attached hydrogens (tertiary/aromatic N) is 4. The zero-order chi connectivity index (χ0) is 53.8. The Balaban J connectivity index is 0.000000208. The van der Waals surface area contributed by atoms with Crippen LogP contribution in [0, 0.1) is 24.9 Å². The maximum Gasteiger partial charge on any atom is 0.216 e. The molecule has 369 valence electrons. The van der Waals surface area contributed by atoms with E-state index in [1.807, 2.05) is 85.9 Å². The van der Waals surface area contributed by atoms with Crippen LogP contribution in [-0.4, -0.2) is 27.6 Å². The molecule has 11 aromatic rings. The van der Waals surface area contributed by atoms with Gasteiger partial charge in [-0.15, -0.1) is 42.0 Å². The SMILES string of the molecule is [2H]C([2H])(c1cc(-c2[c-]cc(F)c(C)c2)ncc1[Si](C)(C)C)C(C)c1ccccc1.[2H]C([2H])(c1ccccc1)c1ccc2c(n1)oc1c(-c3nc4ccc5ccccc5c4n3-c3c(C(C)C)cccc3C(C)C)[c-]ccc12.[Ir]. The van der Waals surface area contributed by atoms with E-state index in [-0.39, 0.29) is 43.7 Å². The maximum atomic E-state index is 13.7. The molecular weight excluding hydrogens is 1090 g/mol. The van der Waals surface area contributed by atoms with E-state index in [0.29, 0.717) is 44.9 Å². The minimum Gasteiger partial charge on any atom is -0.486 e. The molecule has 4 heterocycles. The number of furan rings is 1. The van der Waals surface area contributed by atoms with Crippen LogP contribution in [0.4, 0.5) is 4.39 Å². The second-order valence-electron chi connectivity index (χ2n) is 20.3. The van der Waals surface area contributed by atoms with Crippen LogP contribution < -0.4 is 5.19 Å². The Kier molecular flexibility index (Phi) is 13.4. The van der Waals surface area contributed by atoms with Crippen LogP contribution in [0.15, 0.2) is 168 Å². The van der Waals surface area contributed by atoms with E-state index in [9.17, 15) is 4.39 Å². The van der Waals surface area contributed by atoms with Gasteiger partial charge in [0.25, 0.3) is 0 Å². The van der Waals surface area contributed by atoms with E-state index in [2.05, 4.69) is 124 Å². The summed E-state index contributed by atoms with van der Waals surface area (Å²) in [7, 11) is -1.85. The number of aryl methyl sites for hydroxylation is 1. The summed E-state index contributed by atoms with van der Waals surface area (Å²) in [6.45, 7) is 19.2. The Morgan fingerprint density at radius 3 is 2.12 bits per heavy atom. The number of halogens is 1. The minimum absolute atomic E-state index is 0. The Hall–Kier alpha value is -6.83. The van der Waals surface area contributed by atoms with Gasteiger partial charge in [0.2, 0.25) is 5.71 Å². The summed E-state index contributed by atoms with van der Waals surface area (Å²) in [4.78, 5) is 14.7. The molecule has 8 heteroatoms. The molecule has 1 unspecified atom stereocenters. The molecule has 7 aromatic carbocycles. The van der Waals surface area contributed by atoms with Crippen molar-refractivity contribution < 1.29 is 34.4 Å². The van der Waals surface area contributed by atoms with Crippen molar-refractivity contribution in [1.82, 2.24) is 19.5 Å². The Bertz CT molecular complexity index is 3920. The third kappa shape index (κ3) is 10.4. The van der Waals surface area contributed by atoms with E-state index < -0.39 is 20.8 Å². The number of hydrogen-bond donors (Lipinski definition) is 0. The molecule has 4 aromatic heterocycles. The number of para-hydroxylation sites is 1. The van der Waals surface area contributed by atoms with Crippen LogP contribution in [-0.2, 0) is 32.9 Å². The van der Waals surface area contributed by atoms with Gasteiger partial charge in [0.15, 0.2) is 0 Å². The van der Waals surface area contributed by atoms with Crippen molar-refractivity contribution in [2.24, 2.45) is 0 Å². The maximum absolute atomic E-state index is 13.7. The molecule has 0 saturated heterocycles. The van der Waals surface area contributed by atoms with Crippen molar-refractivity contribution in [2.45, 2.75) is 91.7 Å². The topological polar surface area (TPSA) is 56.7 Å². The van der Waals surface area contributed by atoms with E-state index in [4.69, 9.17) is 19.9 Å². The van der Waals surface area contributed by atoms with Gasteiger partial charge in [0.1, 0.15) is 0 Å². The van der Waals surface area contributed by atoms with Crippen molar-refractivity contribution in [1.29, 1.82) is 0 Å². The molecule has 0 N–H and O–H groups in total. The largest absolute Gasteiger partial charge is 0.486 e. The molecule has 1 atom stereocenters. The van der Waals surface area contributed by atoms with Crippen molar-refractivity contribution in [3.05, 3.63) is 221 Å². The number of pyridine rings is 2. The van der Waals surface area contributed by atoms with Crippen molar-refractivity contribution in [2.75, 3.05) is 0 Å². The number of imidazole rings is 1. The number of benzene rings is 7. The molecule has 1 radical (unpaired) electrons. The first-order valence-corrected chi connectivity index (χ1v) is 28.3. The van der Waals surface area contributed by atoms with Gasteiger partial charge in [0, 0.05) is 66.1 Å². The van der Waals surface area contributed by atoms with Gasteiger partial charge < -0.3 is 14.0 Å². The zero-order valence-electron chi connectivity index (χ0n) is 46.7. The van der Waals surface area contributed by atoms with Crippen LogP contribution in [0.3, 0.4) is 0 Å². The summed E-state index contributed by atoms with van der Waals surface area (Å²) in [5.74, 6) is 0.666. The number of aromatic nitrogens is 4. The molecule has 0 amide bonds. The first kappa shape index (κ1) is 46.0. The van der Waals surface area contributed by atoms with Crippen LogP contribution in [0.25, 0.3) is 72.2 Å². The summed E-state index contributed by atoms with van der Waals surface area (Å²) < 4.78 is 58.5. The van der Waals surface area contributed by atoms with E-state index in [1.54, 1.807) is 31.2 Å². The van der Waals surface area contributed by atoms with Gasteiger partial charge in [-0.25, -0.2) is 4.98 Å². The molecule has 0 bridgehead atoms. The third-order valence-corrected chi connectivity index (χ3v) is 15.4. The Morgan fingerprint density at radius 2 is 1.42 bits per heavy atom. The molecule has 0 aliphatic heterocycles. The van der Waals surface area contributed by atoms with Crippen LogP contribution in [0.1, 0.15) is 96.9 Å². The molecule has 0 saturated carbocycles. The van der Waals surface area contributed by atoms with E-state index >= 15 is 0 Å². The molecule has 5 nitrogen and oxygen atoms in total. The fourth-order valence-corrected chi connectivity index (χ4v) is 11.0. The second-order valence-corrected chi connectivity index (χ2v) is 25.3. The minimum atomic E-state index is -1.85. The quantitative estimate of drug-likeness (QED) is 0.0957. The van der Waals surface area contributed by atoms with Gasteiger partial charge >= 0.3 is 0 Å². The van der Waals surface area contributed by atoms with Gasteiger partial charge in [-0.1, -0.05) is 199 Å². The molecule has 0 spiro atoms. The first-order valence-electron chi connectivity index (χ1n) is 26.8. The molecular formula is C65H61FIrN4OSi-2. The molecule has 0 aliphatic carbocycles. The zero-order valence-corrected chi connectivity index (χ0v) is 46.1.